The van der Waals surface area contributed by atoms with Crippen LogP contribution in [0.15, 0.2) is 30.3 Å². The third kappa shape index (κ3) is 3.73. The molecule has 98 valence electrons. The summed E-state index contributed by atoms with van der Waals surface area (Å²) in [7, 11) is 0. The van der Waals surface area contributed by atoms with E-state index < -0.39 is 0 Å². The van der Waals surface area contributed by atoms with E-state index in [0.29, 0.717) is 10.6 Å². The lowest BCUT2D eigenvalue weighted by Crippen LogP contribution is -2.18. The van der Waals surface area contributed by atoms with Crippen LogP contribution in [0.2, 0.25) is 5.02 Å². The van der Waals surface area contributed by atoms with Gasteiger partial charge in [-0.15, -0.1) is 11.3 Å². The quantitative estimate of drug-likeness (QED) is 0.891. The van der Waals surface area contributed by atoms with Crippen LogP contribution in [0, 0.1) is 18.3 Å². The van der Waals surface area contributed by atoms with Crippen LogP contribution in [0.4, 0.5) is 5.69 Å². The number of nitrogens with zero attached hydrogens (tertiary/aromatic N) is 1. The predicted octanol–water partition coefficient (Wildman–Crippen LogP) is 4.62. The summed E-state index contributed by atoms with van der Waals surface area (Å²) in [4.78, 5) is 2.67. The fourth-order valence-corrected chi connectivity index (χ4v) is 3.14. The van der Waals surface area contributed by atoms with Gasteiger partial charge in [0.1, 0.15) is 6.07 Å². The molecule has 0 fully saturated rings. The highest BCUT2D eigenvalue weighted by Crippen LogP contribution is 2.23. The van der Waals surface area contributed by atoms with Gasteiger partial charge in [0.05, 0.1) is 11.3 Å². The van der Waals surface area contributed by atoms with Crippen LogP contribution < -0.4 is 5.32 Å². The number of rotatable bonds is 4. The van der Waals surface area contributed by atoms with E-state index in [1.807, 2.05) is 11.3 Å². The van der Waals surface area contributed by atoms with Gasteiger partial charge in [0.2, 0.25) is 0 Å². The van der Waals surface area contributed by atoms with Crippen LogP contribution in [0.1, 0.15) is 22.2 Å². The molecule has 2 nitrogen and oxygen atoms in total. The lowest BCUT2D eigenvalue weighted by molar-refractivity contribution is 0.800. The van der Waals surface area contributed by atoms with Gasteiger partial charge in [-0.05, 0) is 44.2 Å². The van der Waals surface area contributed by atoms with Crippen molar-refractivity contribution in [1.82, 2.24) is 0 Å². The fraction of sp³-hybridized carbons (Fsp3) is 0.267. The Kier molecular flexibility index (Phi) is 4.47. The number of anilines is 1. The molecule has 0 aliphatic carbocycles. The van der Waals surface area contributed by atoms with Gasteiger partial charge in [-0.1, -0.05) is 11.6 Å². The second-order valence-corrected chi connectivity index (χ2v) is 6.37. The Morgan fingerprint density at radius 1 is 1.37 bits per heavy atom. The van der Waals surface area contributed by atoms with Crippen molar-refractivity contribution in [1.29, 1.82) is 5.26 Å². The van der Waals surface area contributed by atoms with Gasteiger partial charge in [-0.3, -0.25) is 0 Å². The van der Waals surface area contributed by atoms with Crippen molar-refractivity contribution in [3.8, 4) is 6.07 Å². The molecule has 0 bridgehead atoms. The lowest BCUT2D eigenvalue weighted by Gasteiger charge is -2.15. The van der Waals surface area contributed by atoms with Crippen LogP contribution in [0.5, 0.6) is 0 Å². The first kappa shape index (κ1) is 13.9. The number of nitriles is 1. The lowest BCUT2D eigenvalue weighted by atomic mass is 10.1. The normalized spacial score (nSPS) is 11.9. The molecule has 0 spiro atoms. The van der Waals surface area contributed by atoms with Gasteiger partial charge in [0.15, 0.2) is 0 Å². The van der Waals surface area contributed by atoms with Gasteiger partial charge in [0.25, 0.3) is 0 Å². The first-order valence-corrected chi connectivity index (χ1v) is 7.29. The van der Waals surface area contributed by atoms with Gasteiger partial charge in [0, 0.05) is 27.2 Å². The molecule has 2 aromatic rings. The summed E-state index contributed by atoms with van der Waals surface area (Å²) in [5, 5.41) is 13.1. The minimum Gasteiger partial charge on any atom is -0.381 e. The molecule has 1 atom stereocenters. The second-order valence-electron chi connectivity index (χ2n) is 4.56. The summed E-state index contributed by atoms with van der Waals surface area (Å²) < 4.78 is 0. The summed E-state index contributed by atoms with van der Waals surface area (Å²) in [6.45, 7) is 4.22. The maximum absolute atomic E-state index is 9.08. The first-order chi connectivity index (χ1) is 9.08. The average molecular weight is 291 g/mol. The van der Waals surface area contributed by atoms with Crippen LogP contribution in [-0.4, -0.2) is 6.04 Å². The highest BCUT2D eigenvalue weighted by atomic mass is 35.5. The van der Waals surface area contributed by atoms with Crippen molar-refractivity contribution in [3.05, 3.63) is 50.7 Å². The molecular weight excluding hydrogens is 276 g/mol. The van der Waals surface area contributed by atoms with Gasteiger partial charge >= 0.3 is 0 Å². The van der Waals surface area contributed by atoms with Crippen molar-refractivity contribution >= 4 is 28.6 Å². The summed E-state index contributed by atoms with van der Waals surface area (Å²) in [5.74, 6) is 0. The smallest absolute Gasteiger partial charge is 0.101 e. The minimum atomic E-state index is 0.253. The molecule has 0 saturated heterocycles. The SMILES string of the molecule is Cc1ccc(CC(C)Nc2cc(Cl)ccc2C#N)s1. The van der Waals surface area contributed by atoms with Crippen molar-refractivity contribution in [3.63, 3.8) is 0 Å². The molecule has 1 aromatic carbocycles. The second kappa shape index (κ2) is 6.10. The molecule has 0 radical (unpaired) electrons. The van der Waals surface area contributed by atoms with E-state index in [1.54, 1.807) is 18.2 Å². The third-order valence-corrected chi connectivity index (χ3v) is 4.07. The maximum Gasteiger partial charge on any atom is 0.101 e. The molecule has 1 unspecified atom stereocenters. The van der Waals surface area contributed by atoms with E-state index in [-0.39, 0.29) is 6.04 Å². The Labute approximate surface area is 122 Å². The maximum atomic E-state index is 9.08. The zero-order chi connectivity index (χ0) is 13.8. The molecule has 0 aliphatic heterocycles. The van der Waals surface area contributed by atoms with Gasteiger partial charge in [-0.25, -0.2) is 0 Å². The third-order valence-electron chi connectivity index (χ3n) is 2.81. The van der Waals surface area contributed by atoms with Crippen LogP contribution in [0.3, 0.4) is 0 Å². The standard InChI is InChI=1S/C15H15ClN2S/c1-10(7-14-6-3-11(2)19-14)18-15-8-13(16)5-4-12(15)9-17/h3-6,8,10,18H,7H2,1-2H3. The molecule has 0 aliphatic rings. The monoisotopic (exact) mass is 290 g/mol. The summed E-state index contributed by atoms with van der Waals surface area (Å²) >= 11 is 7.78. The molecule has 1 heterocycles. The molecule has 4 heteroatoms. The molecular formula is C15H15ClN2S. The van der Waals surface area contributed by atoms with Crippen LogP contribution in [0.25, 0.3) is 0 Å². The number of nitrogens with one attached hydrogen (secondary N) is 1. The molecule has 0 saturated carbocycles. The first-order valence-electron chi connectivity index (χ1n) is 6.10. The van der Waals surface area contributed by atoms with Crippen LogP contribution >= 0.6 is 22.9 Å². The zero-order valence-corrected chi connectivity index (χ0v) is 12.5. The number of aryl methyl sites for hydroxylation is 1. The Morgan fingerprint density at radius 2 is 2.16 bits per heavy atom. The van der Waals surface area contributed by atoms with Gasteiger partial charge in [-0.2, -0.15) is 5.26 Å². The van der Waals surface area contributed by atoms with E-state index in [1.165, 1.54) is 9.75 Å². The van der Waals surface area contributed by atoms with E-state index in [9.17, 15) is 0 Å². The van der Waals surface area contributed by atoms with E-state index >= 15 is 0 Å². The summed E-state index contributed by atoms with van der Waals surface area (Å²) in [6, 6.07) is 12.0. The highest BCUT2D eigenvalue weighted by Gasteiger charge is 2.09. The predicted molar refractivity (Wildman–Crippen MR) is 82.0 cm³/mol. The van der Waals surface area contributed by atoms with Gasteiger partial charge < -0.3 is 5.32 Å². The van der Waals surface area contributed by atoms with Crippen molar-refractivity contribution in [2.75, 3.05) is 5.32 Å². The van der Waals surface area contributed by atoms with Crippen molar-refractivity contribution < 1.29 is 0 Å². The number of halogens is 1. The summed E-state index contributed by atoms with van der Waals surface area (Å²) in [5.41, 5.74) is 1.43. The average Bonchev–Trinajstić information content (AvgIpc) is 2.75. The Morgan fingerprint density at radius 3 is 2.79 bits per heavy atom. The van der Waals surface area contributed by atoms with E-state index in [2.05, 4.69) is 37.4 Å². The van der Waals surface area contributed by atoms with E-state index in [4.69, 9.17) is 16.9 Å². The molecule has 19 heavy (non-hydrogen) atoms. The number of benzene rings is 1. The largest absolute Gasteiger partial charge is 0.381 e. The molecule has 1 aromatic heterocycles. The zero-order valence-electron chi connectivity index (χ0n) is 10.9. The summed E-state index contributed by atoms with van der Waals surface area (Å²) in [6.07, 6.45) is 0.940. The topological polar surface area (TPSA) is 35.8 Å². The molecule has 2 rings (SSSR count). The fourth-order valence-electron chi connectivity index (χ4n) is 1.95. The van der Waals surface area contributed by atoms with Crippen LogP contribution in [-0.2, 0) is 6.42 Å². The Hall–Kier alpha value is -1.50. The molecule has 0 amide bonds. The number of hydrogen-bond donors (Lipinski definition) is 1. The number of thiophene rings is 1. The highest BCUT2D eigenvalue weighted by molar-refractivity contribution is 7.11. The Balaban J connectivity index is 2.08. The minimum absolute atomic E-state index is 0.253. The van der Waals surface area contributed by atoms with Crippen molar-refractivity contribution in [2.45, 2.75) is 26.3 Å². The Bertz CT molecular complexity index is 613. The van der Waals surface area contributed by atoms with Crippen molar-refractivity contribution in [2.24, 2.45) is 0 Å². The molecule has 1 N–H and O–H groups in total. The number of hydrogen-bond acceptors (Lipinski definition) is 3. The van der Waals surface area contributed by atoms with E-state index in [0.717, 1.165) is 12.1 Å².